The van der Waals surface area contributed by atoms with Gasteiger partial charge in [0.05, 0.1) is 0 Å². The van der Waals surface area contributed by atoms with E-state index in [9.17, 15) is 5.11 Å². The van der Waals surface area contributed by atoms with Crippen LogP contribution in [0.25, 0.3) is 0 Å². The Kier molecular flexibility index (Phi) is 7.26. The molecule has 0 aromatic heterocycles. The zero-order valence-corrected chi connectivity index (χ0v) is 10.5. The Morgan fingerprint density at radius 1 is 1.07 bits per heavy atom. The molecule has 0 rings (SSSR count). The van der Waals surface area contributed by atoms with Crippen LogP contribution in [0, 0.1) is 11.3 Å². The van der Waals surface area contributed by atoms with E-state index in [-0.39, 0.29) is 5.41 Å². The van der Waals surface area contributed by atoms with E-state index in [1.165, 1.54) is 38.5 Å². The van der Waals surface area contributed by atoms with Crippen LogP contribution in [0.1, 0.15) is 66.2 Å². The molecule has 0 saturated heterocycles. The lowest BCUT2D eigenvalue weighted by Gasteiger charge is -2.31. The first-order chi connectivity index (χ1) is 6.56. The van der Waals surface area contributed by atoms with Crippen molar-refractivity contribution in [3.8, 4) is 0 Å². The second-order valence-electron chi connectivity index (χ2n) is 5.13. The Balaban J connectivity index is 3.63. The SMILES string of the molecule is CCCCCCCC(C)(CO)C(C)C. The Morgan fingerprint density at radius 2 is 1.64 bits per heavy atom. The van der Waals surface area contributed by atoms with Crippen LogP contribution in [-0.4, -0.2) is 11.7 Å². The zero-order valence-electron chi connectivity index (χ0n) is 10.5. The summed E-state index contributed by atoms with van der Waals surface area (Å²) in [6.07, 6.45) is 7.80. The van der Waals surface area contributed by atoms with Crippen molar-refractivity contribution in [2.75, 3.05) is 6.61 Å². The predicted molar refractivity (Wildman–Crippen MR) is 63.4 cm³/mol. The Bertz CT molecular complexity index is 131. The van der Waals surface area contributed by atoms with E-state index >= 15 is 0 Å². The van der Waals surface area contributed by atoms with Crippen LogP contribution in [-0.2, 0) is 0 Å². The molecule has 0 aliphatic rings. The van der Waals surface area contributed by atoms with Crippen molar-refractivity contribution >= 4 is 0 Å². The summed E-state index contributed by atoms with van der Waals surface area (Å²) in [5.74, 6) is 0.582. The minimum atomic E-state index is 0.145. The molecule has 0 aliphatic carbocycles. The summed E-state index contributed by atoms with van der Waals surface area (Å²) in [4.78, 5) is 0. The number of hydrogen-bond acceptors (Lipinski definition) is 1. The summed E-state index contributed by atoms with van der Waals surface area (Å²) in [5, 5.41) is 9.36. The Morgan fingerprint density at radius 3 is 2.07 bits per heavy atom. The summed E-state index contributed by atoms with van der Waals surface area (Å²) in [5.41, 5.74) is 0.145. The Labute approximate surface area is 89.9 Å². The highest BCUT2D eigenvalue weighted by atomic mass is 16.3. The first kappa shape index (κ1) is 14.0. The second kappa shape index (κ2) is 7.28. The summed E-state index contributed by atoms with van der Waals surface area (Å²) >= 11 is 0. The molecule has 1 N–H and O–H groups in total. The van der Waals surface area contributed by atoms with Crippen LogP contribution in [0.4, 0.5) is 0 Å². The van der Waals surface area contributed by atoms with Crippen molar-refractivity contribution < 1.29 is 5.11 Å². The molecule has 0 aliphatic heterocycles. The fraction of sp³-hybridized carbons (Fsp3) is 1.00. The molecule has 1 nitrogen and oxygen atoms in total. The molecule has 0 saturated carbocycles. The lowest BCUT2D eigenvalue weighted by molar-refractivity contribution is 0.0825. The molecule has 14 heavy (non-hydrogen) atoms. The van der Waals surface area contributed by atoms with Crippen LogP contribution in [0.15, 0.2) is 0 Å². The maximum absolute atomic E-state index is 9.36. The van der Waals surface area contributed by atoms with Gasteiger partial charge < -0.3 is 5.11 Å². The molecule has 0 fully saturated rings. The van der Waals surface area contributed by atoms with E-state index in [1.54, 1.807) is 0 Å². The average molecular weight is 200 g/mol. The quantitative estimate of drug-likeness (QED) is 0.587. The van der Waals surface area contributed by atoms with Crippen LogP contribution in [0.2, 0.25) is 0 Å². The maximum Gasteiger partial charge on any atom is 0.0487 e. The normalized spacial score (nSPS) is 15.9. The lowest BCUT2D eigenvalue weighted by Crippen LogP contribution is -2.27. The fourth-order valence-corrected chi connectivity index (χ4v) is 1.68. The van der Waals surface area contributed by atoms with Crippen LogP contribution < -0.4 is 0 Å². The summed E-state index contributed by atoms with van der Waals surface area (Å²) in [7, 11) is 0. The van der Waals surface area contributed by atoms with Crippen molar-refractivity contribution in [3.63, 3.8) is 0 Å². The van der Waals surface area contributed by atoms with Crippen molar-refractivity contribution in [3.05, 3.63) is 0 Å². The van der Waals surface area contributed by atoms with E-state index in [2.05, 4.69) is 27.7 Å². The standard InChI is InChI=1S/C13H28O/c1-5-6-7-8-9-10-13(4,11-14)12(2)3/h12,14H,5-11H2,1-4H3. The minimum absolute atomic E-state index is 0.145. The van der Waals surface area contributed by atoms with Gasteiger partial charge in [-0.15, -0.1) is 0 Å². The van der Waals surface area contributed by atoms with Gasteiger partial charge in [0.15, 0.2) is 0 Å². The highest BCUT2D eigenvalue weighted by Gasteiger charge is 2.26. The number of hydrogen-bond donors (Lipinski definition) is 1. The largest absolute Gasteiger partial charge is 0.396 e. The van der Waals surface area contributed by atoms with Gasteiger partial charge in [-0.2, -0.15) is 0 Å². The highest BCUT2D eigenvalue weighted by Crippen LogP contribution is 2.32. The predicted octanol–water partition coefficient (Wildman–Crippen LogP) is 4.00. The van der Waals surface area contributed by atoms with E-state index in [0.717, 1.165) is 0 Å². The molecule has 0 aromatic carbocycles. The van der Waals surface area contributed by atoms with Gasteiger partial charge in [0.1, 0.15) is 0 Å². The first-order valence-electron chi connectivity index (χ1n) is 6.17. The first-order valence-corrected chi connectivity index (χ1v) is 6.17. The highest BCUT2D eigenvalue weighted by molar-refractivity contribution is 4.76. The van der Waals surface area contributed by atoms with Crippen LogP contribution in [0.5, 0.6) is 0 Å². The molecule has 86 valence electrons. The molecule has 0 aromatic rings. The van der Waals surface area contributed by atoms with E-state index in [0.29, 0.717) is 12.5 Å². The van der Waals surface area contributed by atoms with Crippen LogP contribution >= 0.6 is 0 Å². The van der Waals surface area contributed by atoms with Gasteiger partial charge in [0.2, 0.25) is 0 Å². The van der Waals surface area contributed by atoms with Gasteiger partial charge >= 0.3 is 0 Å². The molecular weight excluding hydrogens is 172 g/mol. The van der Waals surface area contributed by atoms with Gasteiger partial charge in [-0.05, 0) is 17.8 Å². The molecule has 0 spiro atoms. The van der Waals surface area contributed by atoms with Crippen molar-refractivity contribution in [2.45, 2.75) is 66.2 Å². The fourth-order valence-electron chi connectivity index (χ4n) is 1.68. The number of rotatable bonds is 8. The summed E-state index contributed by atoms with van der Waals surface area (Å²) in [6.45, 7) is 9.20. The van der Waals surface area contributed by atoms with Crippen molar-refractivity contribution in [1.29, 1.82) is 0 Å². The molecule has 1 heteroatoms. The maximum atomic E-state index is 9.36. The van der Waals surface area contributed by atoms with Gasteiger partial charge in [-0.1, -0.05) is 59.8 Å². The third-order valence-electron chi connectivity index (χ3n) is 3.61. The lowest BCUT2D eigenvalue weighted by atomic mass is 9.76. The van der Waals surface area contributed by atoms with Crippen molar-refractivity contribution in [2.24, 2.45) is 11.3 Å². The second-order valence-corrected chi connectivity index (χ2v) is 5.13. The number of unbranched alkanes of at least 4 members (excludes halogenated alkanes) is 4. The van der Waals surface area contributed by atoms with E-state index < -0.39 is 0 Å². The molecule has 1 atom stereocenters. The zero-order chi connectivity index (χ0) is 11.0. The molecular formula is C13H28O. The molecule has 0 radical (unpaired) electrons. The van der Waals surface area contributed by atoms with Crippen LogP contribution in [0.3, 0.4) is 0 Å². The monoisotopic (exact) mass is 200 g/mol. The van der Waals surface area contributed by atoms with Gasteiger partial charge in [-0.3, -0.25) is 0 Å². The third-order valence-corrected chi connectivity index (χ3v) is 3.61. The van der Waals surface area contributed by atoms with E-state index in [4.69, 9.17) is 0 Å². The number of aliphatic hydroxyl groups excluding tert-OH is 1. The average Bonchev–Trinajstić information content (AvgIpc) is 2.17. The van der Waals surface area contributed by atoms with Gasteiger partial charge in [0, 0.05) is 6.61 Å². The molecule has 0 bridgehead atoms. The summed E-state index contributed by atoms with van der Waals surface area (Å²) < 4.78 is 0. The topological polar surface area (TPSA) is 20.2 Å². The van der Waals surface area contributed by atoms with Gasteiger partial charge in [0.25, 0.3) is 0 Å². The van der Waals surface area contributed by atoms with E-state index in [1.807, 2.05) is 0 Å². The minimum Gasteiger partial charge on any atom is -0.396 e. The smallest absolute Gasteiger partial charge is 0.0487 e. The molecule has 0 heterocycles. The van der Waals surface area contributed by atoms with Gasteiger partial charge in [-0.25, -0.2) is 0 Å². The molecule has 1 unspecified atom stereocenters. The Hall–Kier alpha value is -0.0400. The van der Waals surface area contributed by atoms with Crippen molar-refractivity contribution in [1.82, 2.24) is 0 Å². The molecule has 0 amide bonds. The number of aliphatic hydroxyl groups is 1. The summed E-state index contributed by atoms with van der Waals surface area (Å²) in [6, 6.07) is 0. The third kappa shape index (κ3) is 4.99.